The number of rotatable bonds is 4. The molecule has 1 N–H and O–H groups in total. The van der Waals surface area contributed by atoms with Crippen molar-refractivity contribution in [2.45, 2.75) is 0 Å². The van der Waals surface area contributed by atoms with E-state index < -0.39 is 18.5 Å². The molecule has 110 valence electrons. The number of aromatic nitrogens is 1. The number of nitriles is 1. The van der Waals surface area contributed by atoms with Crippen molar-refractivity contribution in [3.05, 3.63) is 58.9 Å². The van der Waals surface area contributed by atoms with Crippen molar-refractivity contribution in [3.63, 3.8) is 0 Å². The lowest BCUT2D eigenvalue weighted by atomic mass is 10.2. The molecule has 2 rings (SSSR count). The standard InChI is InChI=1S/C15H10ClN3O3/c16-14-12(5-2-6-18-14)15(21)22-9-13(20)19-11-4-1-3-10(7-11)8-17/h1-7H,9H2,(H,19,20). The molecule has 1 aromatic heterocycles. The highest BCUT2D eigenvalue weighted by Crippen LogP contribution is 2.13. The molecule has 1 amide bonds. The van der Waals surface area contributed by atoms with Gasteiger partial charge in [0.05, 0.1) is 17.2 Å². The molecule has 1 aromatic carbocycles. The molecule has 7 heteroatoms. The van der Waals surface area contributed by atoms with Gasteiger partial charge in [0.1, 0.15) is 5.15 Å². The van der Waals surface area contributed by atoms with Crippen LogP contribution in [0.4, 0.5) is 5.69 Å². The second kappa shape index (κ2) is 7.20. The van der Waals surface area contributed by atoms with Crippen LogP contribution >= 0.6 is 11.6 Å². The molecule has 0 aliphatic rings. The van der Waals surface area contributed by atoms with Gasteiger partial charge in [-0.05, 0) is 30.3 Å². The third kappa shape index (κ3) is 4.04. The number of carbonyl (C=O) groups is 2. The van der Waals surface area contributed by atoms with Crippen LogP contribution in [-0.2, 0) is 9.53 Å². The van der Waals surface area contributed by atoms with Crippen molar-refractivity contribution in [3.8, 4) is 6.07 Å². The van der Waals surface area contributed by atoms with Crippen molar-refractivity contribution in [1.82, 2.24) is 4.98 Å². The van der Waals surface area contributed by atoms with Gasteiger partial charge in [-0.3, -0.25) is 4.79 Å². The van der Waals surface area contributed by atoms with Crippen molar-refractivity contribution < 1.29 is 14.3 Å². The lowest BCUT2D eigenvalue weighted by Gasteiger charge is -2.07. The minimum absolute atomic E-state index is 0.00892. The maximum atomic E-state index is 11.8. The minimum atomic E-state index is -0.737. The Balaban J connectivity index is 1.92. The van der Waals surface area contributed by atoms with Crippen molar-refractivity contribution >= 4 is 29.2 Å². The monoisotopic (exact) mass is 315 g/mol. The Bertz CT molecular complexity index is 756. The zero-order valence-electron chi connectivity index (χ0n) is 11.2. The third-order valence-electron chi connectivity index (χ3n) is 2.59. The first-order valence-electron chi connectivity index (χ1n) is 6.18. The normalized spacial score (nSPS) is 9.64. The first-order chi connectivity index (χ1) is 10.6. The summed E-state index contributed by atoms with van der Waals surface area (Å²) in [5, 5.41) is 11.3. The number of anilines is 1. The van der Waals surface area contributed by atoms with Gasteiger partial charge in [-0.25, -0.2) is 9.78 Å². The van der Waals surface area contributed by atoms with Crippen LogP contribution in [0.5, 0.6) is 0 Å². The summed E-state index contributed by atoms with van der Waals surface area (Å²) in [4.78, 5) is 27.2. The van der Waals surface area contributed by atoms with Gasteiger partial charge in [0.15, 0.2) is 6.61 Å². The number of pyridine rings is 1. The molecule has 0 radical (unpaired) electrons. The fraction of sp³-hybridized carbons (Fsp3) is 0.0667. The summed E-state index contributed by atoms with van der Waals surface area (Å²) in [6.07, 6.45) is 1.44. The zero-order valence-corrected chi connectivity index (χ0v) is 12.0. The SMILES string of the molecule is N#Cc1cccc(NC(=O)COC(=O)c2cccnc2Cl)c1. The molecule has 0 unspecified atom stereocenters. The molecular formula is C15H10ClN3O3. The number of hydrogen-bond acceptors (Lipinski definition) is 5. The number of nitrogens with one attached hydrogen (secondary N) is 1. The second-order valence-corrected chi connectivity index (χ2v) is 4.52. The Morgan fingerprint density at radius 1 is 1.32 bits per heavy atom. The summed E-state index contributed by atoms with van der Waals surface area (Å²) in [5.74, 6) is -1.26. The average molecular weight is 316 g/mol. The Labute approximate surface area is 131 Å². The van der Waals surface area contributed by atoms with Gasteiger partial charge in [-0.2, -0.15) is 5.26 Å². The number of amides is 1. The summed E-state index contributed by atoms with van der Waals surface area (Å²) in [7, 11) is 0. The average Bonchev–Trinajstić information content (AvgIpc) is 2.53. The van der Waals surface area contributed by atoms with Gasteiger partial charge in [0.25, 0.3) is 5.91 Å². The lowest BCUT2D eigenvalue weighted by molar-refractivity contribution is -0.119. The molecule has 0 saturated carbocycles. The second-order valence-electron chi connectivity index (χ2n) is 4.16. The molecule has 0 atom stereocenters. The van der Waals surface area contributed by atoms with E-state index in [0.29, 0.717) is 11.3 Å². The van der Waals surface area contributed by atoms with Gasteiger partial charge in [-0.15, -0.1) is 0 Å². The van der Waals surface area contributed by atoms with E-state index >= 15 is 0 Å². The predicted molar refractivity (Wildman–Crippen MR) is 79.3 cm³/mol. The fourth-order valence-electron chi connectivity index (χ4n) is 1.61. The zero-order chi connectivity index (χ0) is 15.9. The number of esters is 1. The molecule has 1 heterocycles. The largest absolute Gasteiger partial charge is 0.452 e. The van der Waals surface area contributed by atoms with E-state index in [0.717, 1.165) is 0 Å². The van der Waals surface area contributed by atoms with Gasteiger partial charge in [0.2, 0.25) is 0 Å². The highest BCUT2D eigenvalue weighted by molar-refractivity contribution is 6.32. The van der Waals surface area contributed by atoms with Crippen molar-refractivity contribution in [2.24, 2.45) is 0 Å². The highest BCUT2D eigenvalue weighted by atomic mass is 35.5. The topological polar surface area (TPSA) is 92.1 Å². The van der Waals surface area contributed by atoms with Gasteiger partial charge < -0.3 is 10.1 Å². The van der Waals surface area contributed by atoms with E-state index in [4.69, 9.17) is 21.6 Å². The highest BCUT2D eigenvalue weighted by Gasteiger charge is 2.14. The van der Waals surface area contributed by atoms with E-state index in [9.17, 15) is 9.59 Å². The maximum absolute atomic E-state index is 11.8. The van der Waals surface area contributed by atoms with Gasteiger partial charge in [-0.1, -0.05) is 17.7 Å². The van der Waals surface area contributed by atoms with Crippen LogP contribution in [0.25, 0.3) is 0 Å². The summed E-state index contributed by atoms with van der Waals surface area (Å²) >= 11 is 5.75. The number of carbonyl (C=O) groups excluding carboxylic acids is 2. The van der Waals surface area contributed by atoms with E-state index in [1.54, 1.807) is 18.2 Å². The molecule has 0 fully saturated rings. The summed E-state index contributed by atoms with van der Waals surface area (Å²) in [6.45, 7) is -0.471. The summed E-state index contributed by atoms with van der Waals surface area (Å²) in [5.41, 5.74) is 0.944. The molecule has 2 aromatic rings. The third-order valence-corrected chi connectivity index (χ3v) is 2.89. The van der Waals surface area contributed by atoms with Gasteiger partial charge in [0, 0.05) is 11.9 Å². The summed E-state index contributed by atoms with van der Waals surface area (Å²) in [6, 6.07) is 11.3. The van der Waals surface area contributed by atoms with E-state index in [-0.39, 0.29) is 10.7 Å². The van der Waals surface area contributed by atoms with Gasteiger partial charge >= 0.3 is 5.97 Å². The molecular weight excluding hydrogens is 306 g/mol. The number of ether oxygens (including phenoxy) is 1. The Morgan fingerprint density at radius 3 is 2.86 bits per heavy atom. The minimum Gasteiger partial charge on any atom is -0.452 e. The molecule has 6 nitrogen and oxygen atoms in total. The lowest BCUT2D eigenvalue weighted by Crippen LogP contribution is -2.21. The first-order valence-corrected chi connectivity index (χ1v) is 6.55. The molecule has 0 aliphatic carbocycles. The van der Waals surface area contributed by atoms with Crippen LogP contribution in [0.2, 0.25) is 5.15 Å². The Hall–Kier alpha value is -2.91. The number of benzene rings is 1. The predicted octanol–water partition coefficient (Wildman–Crippen LogP) is 2.40. The molecule has 0 spiro atoms. The maximum Gasteiger partial charge on any atom is 0.341 e. The van der Waals surface area contributed by atoms with E-state index in [1.807, 2.05) is 6.07 Å². The molecule has 0 aliphatic heterocycles. The van der Waals surface area contributed by atoms with Crippen LogP contribution in [0, 0.1) is 11.3 Å². The number of halogens is 1. The smallest absolute Gasteiger partial charge is 0.341 e. The Kier molecular flexibility index (Phi) is 5.07. The fourth-order valence-corrected chi connectivity index (χ4v) is 1.81. The number of nitrogens with zero attached hydrogens (tertiary/aromatic N) is 2. The number of hydrogen-bond donors (Lipinski definition) is 1. The van der Waals surface area contributed by atoms with E-state index in [2.05, 4.69) is 10.3 Å². The molecule has 0 bridgehead atoms. The van der Waals surface area contributed by atoms with Crippen molar-refractivity contribution in [1.29, 1.82) is 5.26 Å². The molecule has 22 heavy (non-hydrogen) atoms. The summed E-state index contributed by atoms with van der Waals surface area (Å²) < 4.78 is 4.86. The van der Waals surface area contributed by atoms with Crippen molar-refractivity contribution in [2.75, 3.05) is 11.9 Å². The molecule has 0 saturated heterocycles. The van der Waals surface area contributed by atoms with Crippen LogP contribution in [0.3, 0.4) is 0 Å². The Morgan fingerprint density at radius 2 is 2.14 bits per heavy atom. The van der Waals surface area contributed by atoms with Crippen LogP contribution in [0.15, 0.2) is 42.6 Å². The van der Waals surface area contributed by atoms with Crippen LogP contribution in [-0.4, -0.2) is 23.5 Å². The van der Waals surface area contributed by atoms with Crippen LogP contribution in [0.1, 0.15) is 15.9 Å². The van der Waals surface area contributed by atoms with Crippen LogP contribution < -0.4 is 5.32 Å². The first kappa shape index (κ1) is 15.5. The van der Waals surface area contributed by atoms with E-state index in [1.165, 1.54) is 24.4 Å². The quantitative estimate of drug-likeness (QED) is 0.691.